The molecular weight excluding hydrogens is 708 g/mol. The van der Waals surface area contributed by atoms with Crippen molar-refractivity contribution in [3.8, 4) is 0 Å². The summed E-state index contributed by atoms with van der Waals surface area (Å²) >= 11 is 22.8. The summed E-state index contributed by atoms with van der Waals surface area (Å²) in [4.78, 5) is 42.9. The van der Waals surface area contributed by atoms with E-state index < -0.39 is 72.4 Å². The first-order valence-electron chi connectivity index (χ1n) is 12.7. The number of carbonyl (C=O) groups excluding carboxylic acids is 2. The first-order valence-corrected chi connectivity index (χ1v) is 17.2. The molecule has 44 heavy (non-hydrogen) atoms. The third kappa shape index (κ3) is 9.29. The number of amides is 2. The Bertz CT molecular complexity index is 1240. The van der Waals surface area contributed by atoms with Crippen LogP contribution in [0.2, 0.25) is 0 Å². The zero-order chi connectivity index (χ0) is 32.0. The van der Waals surface area contributed by atoms with Crippen molar-refractivity contribution in [3.63, 3.8) is 0 Å². The highest BCUT2D eigenvalue weighted by Crippen LogP contribution is 2.54. The van der Waals surface area contributed by atoms with E-state index in [9.17, 15) is 29.8 Å². The highest BCUT2D eigenvalue weighted by atomic mass is 35.5. The maximum atomic E-state index is 12.2. The second kappa shape index (κ2) is 16.0. The van der Waals surface area contributed by atoms with Crippen molar-refractivity contribution in [2.45, 2.75) is 34.0 Å². The highest BCUT2D eigenvalue weighted by Gasteiger charge is 2.39. The van der Waals surface area contributed by atoms with Gasteiger partial charge in [-0.1, -0.05) is 46.4 Å². The van der Waals surface area contributed by atoms with Gasteiger partial charge in [0.15, 0.2) is 26.4 Å². The molecule has 0 spiro atoms. The van der Waals surface area contributed by atoms with Crippen molar-refractivity contribution in [3.05, 3.63) is 79.9 Å². The zero-order valence-corrected chi connectivity index (χ0v) is 27.1. The highest BCUT2D eigenvalue weighted by molar-refractivity contribution is 7.51. The van der Waals surface area contributed by atoms with Gasteiger partial charge >= 0.3 is 0 Å². The quantitative estimate of drug-likeness (QED) is 0.128. The molecule has 2 heterocycles. The molecule has 238 valence electrons. The number of hydrogen-bond donors (Lipinski definition) is 2. The van der Waals surface area contributed by atoms with Gasteiger partial charge in [-0.25, -0.2) is 0 Å². The number of nitro benzene ring substituents is 2. The normalized spacial score (nSPS) is 25.4. The van der Waals surface area contributed by atoms with E-state index in [1.807, 2.05) is 0 Å². The predicted molar refractivity (Wildman–Crippen MR) is 164 cm³/mol. The minimum atomic E-state index is -1.53. The molecule has 2 fully saturated rings. The number of halogens is 4. The van der Waals surface area contributed by atoms with Gasteiger partial charge in [0.25, 0.3) is 23.2 Å². The van der Waals surface area contributed by atoms with Gasteiger partial charge in [0.1, 0.15) is 12.2 Å². The summed E-state index contributed by atoms with van der Waals surface area (Å²) in [5.41, 5.74) is 0.928. The van der Waals surface area contributed by atoms with Crippen LogP contribution in [0.15, 0.2) is 48.5 Å². The van der Waals surface area contributed by atoms with Gasteiger partial charge < -0.3 is 28.7 Å². The SMILES string of the molecule is O=C(N[C@@H]1CO[P@@](CC[P@@]2OC[C@@H](NC(=O)C(Cl)Cl)[C@@H](c3ccc([N+](=O)[O-])cc3)O2)O[C@@H]1c1ccc([N+](=O)[O-])cc1)C(Cl)Cl. The molecular formula is C24H24Cl4N4O10P2. The maximum Gasteiger partial charge on any atom is 0.269 e. The van der Waals surface area contributed by atoms with Crippen LogP contribution in [0.1, 0.15) is 23.3 Å². The van der Waals surface area contributed by atoms with Crippen molar-refractivity contribution >= 4 is 86.3 Å². The first-order chi connectivity index (χ1) is 20.9. The molecule has 2 aliphatic rings. The maximum absolute atomic E-state index is 12.2. The van der Waals surface area contributed by atoms with Crippen molar-refractivity contribution < 1.29 is 37.5 Å². The summed E-state index contributed by atoms with van der Waals surface area (Å²) in [6, 6.07) is 10.1. The van der Waals surface area contributed by atoms with E-state index >= 15 is 0 Å². The number of hydrogen-bond acceptors (Lipinski definition) is 10. The van der Waals surface area contributed by atoms with Crippen LogP contribution >= 0.6 is 63.2 Å². The zero-order valence-electron chi connectivity index (χ0n) is 22.3. The second-order valence-corrected chi connectivity index (χ2v) is 14.6. The van der Waals surface area contributed by atoms with Gasteiger partial charge in [0, 0.05) is 36.6 Å². The van der Waals surface area contributed by atoms with E-state index in [0.717, 1.165) is 0 Å². The van der Waals surface area contributed by atoms with Gasteiger partial charge in [0.05, 0.1) is 35.1 Å². The van der Waals surface area contributed by atoms with Crippen molar-refractivity contribution in [2.75, 3.05) is 25.5 Å². The number of nitrogens with one attached hydrogen (secondary N) is 2. The molecule has 2 saturated heterocycles. The topological polar surface area (TPSA) is 181 Å². The average Bonchev–Trinajstić information content (AvgIpc) is 3.01. The predicted octanol–water partition coefficient (Wildman–Crippen LogP) is 5.58. The average molecular weight is 732 g/mol. The van der Waals surface area contributed by atoms with E-state index in [-0.39, 0.29) is 24.6 Å². The molecule has 20 heteroatoms. The molecule has 2 amide bonds. The molecule has 0 unspecified atom stereocenters. The van der Waals surface area contributed by atoms with Crippen molar-refractivity contribution in [1.29, 1.82) is 0 Å². The number of alkyl halides is 4. The number of nitro groups is 2. The lowest BCUT2D eigenvalue weighted by atomic mass is 10.0. The Balaban J connectivity index is 1.44. The molecule has 4 rings (SSSR count). The molecule has 0 saturated carbocycles. The third-order valence-corrected chi connectivity index (χ3v) is 10.5. The molecule has 0 bridgehead atoms. The summed E-state index contributed by atoms with van der Waals surface area (Å²) in [6.45, 7) is 0.105. The molecule has 0 radical (unpaired) electrons. The molecule has 2 aromatic carbocycles. The fraction of sp³-hybridized carbons (Fsp3) is 0.417. The summed E-state index contributed by atoms with van der Waals surface area (Å²) in [6.07, 6.45) is -0.735. The summed E-state index contributed by atoms with van der Waals surface area (Å²) in [7, 11) is -3.07. The Morgan fingerprint density at radius 2 is 1.07 bits per heavy atom. The van der Waals surface area contributed by atoms with Crippen LogP contribution in [0.3, 0.4) is 0 Å². The van der Waals surface area contributed by atoms with Crippen LogP contribution in [0.4, 0.5) is 11.4 Å². The smallest absolute Gasteiger partial charge is 0.269 e. The summed E-state index contributed by atoms with van der Waals surface area (Å²) < 4.78 is 24.3. The lowest BCUT2D eigenvalue weighted by Crippen LogP contribution is -2.47. The number of carbonyl (C=O) groups is 2. The molecule has 2 aromatic rings. The van der Waals surface area contributed by atoms with Gasteiger partial charge in [-0.3, -0.25) is 29.8 Å². The molecule has 2 N–H and O–H groups in total. The molecule has 0 aromatic heterocycles. The minimum absolute atomic E-state index is 0.0524. The van der Waals surface area contributed by atoms with Gasteiger partial charge in [-0.2, -0.15) is 0 Å². The van der Waals surface area contributed by atoms with E-state index in [4.69, 9.17) is 64.5 Å². The van der Waals surface area contributed by atoms with Crippen LogP contribution in [0.5, 0.6) is 0 Å². The number of non-ortho nitro benzene ring substituents is 2. The Kier molecular flexibility index (Phi) is 12.7. The summed E-state index contributed by atoms with van der Waals surface area (Å²) in [5.74, 6) is -1.30. The monoisotopic (exact) mass is 730 g/mol. The van der Waals surface area contributed by atoms with Crippen LogP contribution in [0, 0.1) is 20.2 Å². The van der Waals surface area contributed by atoms with Gasteiger partial charge in [-0.05, 0) is 35.4 Å². The minimum Gasteiger partial charge on any atom is -0.346 e. The van der Waals surface area contributed by atoms with Crippen molar-refractivity contribution in [1.82, 2.24) is 10.6 Å². The molecule has 6 atom stereocenters. The van der Waals surface area contributed by atoms with Crippen LogP contribution in [0.25, 0.3) is 0 Å². The Morgan fingerprint density at radius 3 is 1.36 bits per heavy atom. The standard InChI is InChI=1S/C24H24Cl4N4O10P2/c25-21(26)23(33)29-17-11-39-43(41-19(17)13-1-5-15(6-2-13)31(35)36)9-10-44-40-12-18(30-24(34)22(27)28)20(42-44)14-3-7-16(8-4-14)32(37)38/h1-8,17-22H,9-12H2,(H,29,33)(H,30,34)/t17-,18-,19-,20-,43-,44+/m1/s1. The molecule has 0 aliphatic carbocycles. The number of nitrogens with zero attached hydrogens (tertiary/aromatic N) is 2. The van der Waals surface area contributed by atoms with E-state index in [0.29, 0.717) is 23.5 Å². The Labute approximate surface area is 273 Å². The lowest BCUT2D eigenvalue weighted by molar-refractivity contribution is -0.385. The van der Waals surface area contributed by atoms with Crippen LogP contribution in [-0.2, 0) is 27.7 Å². The fourth-order valence-corrected chi connectivity index (χ4v) is 8.09. The van der Waals surface area contributed by atoms with Gasteiger partial charge in [-0.15, -0.1) is 0 Å². The largest absolute Gasteiger partial charge is 0.346 e. The van der Waals surface area contributed by atoms with Crippen LogP contribution in [-0.4, -0.2) is 69.0 Å². The molecule has 2 aliphatic heterocycles. The Morgan fingerprint density at radius 1 is 0.727 bits per heavy atom. The number of benzene rings is 2. The van der Waals surface area contributed by atoms with Crippen LogP contribution < -0.4 is 10.6 Å². The second-order valence-electron chi connectivity index (χ2n) is 9.29. The lowest BCUT2D eigenvalue weighted by Gasteiger charge is -2.38. The number of rotatable bonds is 11. The summed E-state index contributed by atoms with van der Waals surface area (Å²) in [5, 5.41) is 27.6. The van der Waals surface area contributed by atoms with Crippen molar-refractivity contribution in [2.24, 2.45) is 0 Å². The van der Waals surface area contributed by atoms with E-state index in [1.165, 1.54) is 48.5 Å². The Hall–Kier alpha value is -1.96. The van der Waals surface area contributed by atoms with E-state index in [1.54, 1.807) is 0 Å². The fourth-order valence-electron chi connectivity index (χ4n) is 4.24. The first kappa shape index (κ1) is 34.9. The third-order valence-electron chi connectivity index (χ3n) is 6.37. The molecule has 14 nitrogen and oxygen atoms in total. The van der Waals surface area contributed by atoms with Gasteiger partial charge in [0.2, 0.25) is 0 Å². The van der Waals surface area contributed by atoms with E-state index in [2.05, 4.69) is 10.6 Å².